The summed E-state index contributed by atoms with van der Waals surface area (Å²) >= 11 is 0. The van der Waals surface area contributed by atoms with E-state index in [9.17, 15) is 0 Å². The van der Waals surface area contributed by atoms with Crippen LogP contribution in [0.2, 0.25) is 0 Å². The highest BCUT2D eigenvalue weighted by atomic mass is 16.3. The molecule has 0 saturated heterocycles. The number of aromatic nitrogens is 2. The molecule has 0 bridgehead atoms. The van der Waals surface area contributed by atoms with E-state index in [0.717, 1.165) is 44.0 Å². The van der Waals surface area contributed by atoms with Crippen molar-refractivity contribution in [2.24, 2.45) is 0 Å². The lowest BCUT2D eigenvalue weighted by atomic mass is 10.0. The molecule has 0 fully saturated rings. The van der Waals surface area contributed by atoms with Crippen LogP contribution in [0.5, 0.6) is 0 Å². The van der Waals surface area contributed by atoms with Crippen molar-refractivity contribution in [3.05, 3.63) is 40.9 Å². The highest BCUT2D eigenvalue weighted by molar-refractivity contribution is 5.22. The first-order valence-corrected chi connectivity index (χ1v) is 7.59. The molecular formula is C16H23N3O. The lowest BCUT2D eigenvalue weighted by molar-refractivity contribution is 0.435. The first-order valence-electron chi connectivity index (χ1n) is 7.59. The predicted octanol–water partition coefficient (Wildman–Crippen LogP) is 2.82. The van der Waals surface area contributed by atoms with E-state index in [1.54, 1.807) is 0 Å². The molecule has 1 N–H and O–H groups in total. The summed E-state index contributed by atoms with van der Waals surface area (Å²) in [6.45, 7) is 6.80. The summed E-state index contributed by atoms with van der Waals surface area (Å²) in [7, 11) is 0. The Hall–Kier alpha value is -1.55. The average Bonchev–Trinajstić information content (AvgIpc) is 3.01. The molecule has 2 aromatic rings. The van der Waals surface area contributed by atoms with Gasteiger partial charge in [-0.1, -0.05) is 6.92 Å². The standard InChI is InChI=1S/C16H23N3O/c1-3-17-9-16-12(2)8-13(20-16)10-19-11-18-14-6-4-5-7-15(14)19/h8,11,17H,3-7,9-10H2,1-2H3. The Labute approximate surface area is 120 Å². The van der Waals surface area contributed by atoms with E-state index in [4.69, 9.17) is 4.42 Å². The van der Waals surface area contributed by atoms with E-state index in [-0.39, 0.29) is 0 Å². The van der Waals surface area contributed by atoms with Gasteiger partial charge in [-0.05, 0) is 50.8 Å². The Morgan fingerprint density at radius 3 is 3.05 bits per heavy atom. The van der Waals surface area contributed by atoms with Crippen LogP contribution in [0.15, 0.2) is 16.8 Å². The lowest BCUT2D eigenvalue weighted by Crippen LogP contribution is -2.11. The molecule has 0 atom stereocenters. The smallest absolute Gasteiger partial charge is 0.124 e. The molecular weight excluding hydrogens is 250 g/mol. The molecule has 108 valence electrons. The van der Waals surface area contributed by atoms with Gasteiger partial charge in [-0.25, -0.2) is 4.98 Å². The molecule has 20 heavy (non-hydrogen) atoms. The van der Waals surface area contributed by atoms with Crippen molar-refractivity contribution < 1.29 is 4.42 Å². The minimum Gasteiger partial charge on any atom is -0.463 e. The van der Waals surface area contributed by atoms with E-state index in [1.807, 2.05) is 6.33 Å². The van der Waals surface area contributed by atoms with Crippen molar-refractivity contribution in [2.75, 3.05) is 6.54 Å². The Morgan fingerprint density at radius 1 is 1.35 bits per heavy atom. The number of fused-ring (bicyclic) bond motifs is 1. The maximum absolute atomic E-state index is 5.97. The Bertz CT molecular complexity index is 583. The minimum atomic E-state index is 0.801. The SMILES string of the molecule is CCNCc1oc(Cn2cnc3c2CCCC3)cc1C. The first-order chi connectivity index (χ1) is 9.78. The highest BCUT2D eigenvalue weighted by Crippen LogP contribution is 2.22. The third-order valence-electron chi connectivity index (χ3n) is 4.04. The van der Waals surface area contributed by atoms with Gasteiger partial charge in [0.2, 0.25) is 0 Å². The normalized spacial score (nSPS) is 14.5. The number of rotatable bonds is 5. The summed E-state index contributed by atoms with van der Waals surface area (Å²) in [5, 5.41) is 3.31. The van der Waals surface area contributed by atoms with Crippen LogP contribution in [0.1, 0.15) is 48.2 Å². The maximum atomic E-state index is 5.97. The molecule has 0 aliphatic heterocycles. The van der Waals surface area contributed by atoms with Crippen molar-refractivity contribution >= 4 is 0 Å². The largest absolute Gasteiger partial charge is 0.463 e. The Kier molecular flexibility index (Phi) is 3.92. The predicted molar refractivity (Wildman–Crippen MR) is 78.8 cm³/mol. The molecule has 0 aromatic carbocycles. The quantitative estimate of drug-likeness (QED) is 0.911. The van der Waals surface area contributed by atoms with Gasteiger partial charge < -0.3 is 14.3 Å². The van der Waals surface area contributed by atoms with Gasteiger partial charge in [-0.2, -0.15) is 0 Å². The zero-order valence-corrected chi connectivity index (χ0v) is 12.4. The molecule has 0 amide bonds. The summed E-state index contributed by atoms with van der Waals surface area (Å²) < 4.78 is 8.22. The molecule has 0 radical (unpaired) electrons. The summed E-state index contributed by atoms with van der Waals surface area (Å²) in [6.07, 6.45) is 6.81. The second-order valence-electron chi connectivity index (χ2n) is 5.57. The molecule has 0 spiro atoms. The fraction of sp³-hybridized carbons (Fsp3) is 0.562. The van der Waals surface area contributed by atoms with Crippen molar-refractivity contribution in [3.63, 3.8) is 0 Å². The van der Waals surface area contributed by atoms with E-state index < -0.39 is 0 Å². The summed E-state index contributed by atoms with van der Waals surface area (Å²) in [5.74, 6) is 2.08. The van der Waals surface area contributed by atoms with E-state index in [2.05, 4.69) is 34.8 Å². The third kappa shape index (κ3) is 2.66. The van der Waals surface area contributed by atoms with Gasteiger partial charge in [-0.15, -0.1) is 0 Å². The van der Waals surface area contributed by atoms with Gasteiger partial charge in [-0.3, -0.25) is 0 Å². The fourth-order valence-electron chi connectivity index (χ4n) is 2.92. The van der Waals surface area contributed by atoms with Gasteiger partial charge in [0.1, 0.15) is 11.5 Å². The number of furan rings is 1. The summed E-state index contributed by atoms with van der Waals surface area (Å²) in [4.78, 5) is 4.54. The molecule has 0 unspecified atom stereocenters. The van der Waals surface area contributed by atoms with Crippen LogP contribution in [0.4, 0.5) is 0 Å². The van der Waals surface area contributed by atoms with Gasteiger partial charge in [0.15, 0.2) is 0 Å². The van der Waals surface area contributed by atoms with E-state index in [0.29, 0.717) is 0 Å². The highest BCUT2D eigenvalue weighted by Gasteiger charge is 2.16. The molecule has 1 aliphatic carbocycles. The number of imidazole rings is 1. The topological polar surface area (TPSA) is 43.0 Å². The third-order valence-corrected chi connectivity index (χ3v) is 4.04. The zero-order chi connectivity index (χ0) is 13.9. The van der Waals surface area contributed by atoms with Crippen LogP contribution in [0.3, 0.4) is 0 Å². The Morgan fingerprint density at radius 2 is 2.20 bits per heavy atom. The molecule has 4 heteroatoms. The van der Waals surface area contributed by atoms with Crippen LogP contribution >= 0.6 is 0 Å². The average molecular weight is 273 g/mol. The molecule has 1 aliphatic rings. The number of aryl methyl sites for hydroxylation is 2. The van der Waals surface area contributed by atoms with E-state index >= 15 is 0 Å². The second-order valence-corrected chi connectivity index (χ2v) is 5.57. The van der Waals surface area contributed by atoms with Crippen molar-refractivity contribution in [1.82, 2.24) is 14.9 Å². The molecule has 0 saturated carbocycles. The van der Waals surface area contributed by atoms with E-state index in [1.165, 1.54) is 29.8 Å². The monoisotopic (exact) mass is 273 g/mol. The van der Waals surface area contributed by atoms with Crippen LogP contribution < -0.4 is 5.32 Å². The maximum Gasteiger partial charge on any atom is 0.124 e. The van der Waals surface area contributed by atoms with Crippen molar-refractivity contribution in [2.45, 2.75) is 52.6 Å². The first kappa shape index (κ1) is 13.4. The van der Waals surface area contributed by atoms with Crippen LogP contribution in [-0.4, -0.2) is 16.1 Å². The minimum absolute atomic E-state index is 0.801. The molecule has 2 heterocycles. The van der Waals surface area contributed by atoms with Crippen molar-refractivity contribution in [3.8, 4) is 0 Å². The van der Waals surface area contributed by atoms with Gasteiger partial charge >= 0.3 is 0 Å². The van der Waals surface area contributed by atoms with Crippen LogP contribution in [-0.2, 0) is 25.9 Å². The summed E-state index contributed by atoms with van der Waals surface area (Å²) in [5.41, 5.74) is 3.92. The van der Waals surface area contributed by atoms with Gasteiger partial charge in [0.05, 0.1) is 25.1 Å². The van der Waals surface area contributed by atoms with Gasteiger partial charge in [0.25, 0.3) is 0 Å². The Balaban J connectivity index is 1.76. The fourth-order valence-corrected chi connectivity index (χ4v) is 2.92. The molecule has 4 nitrogen and oxygen atoms in total. The van der Waals surface area contributed by atoms with Crippen LogP contribution in [0, 0.1) is 6.92 Å². The summed E-state index contributed by atoms with van der Waals surface area (Å²) in [6, 6.07) is 2.15. The number of nitrogens with zero attached hydrogens (tertiary/aromatic N) is 2. The number of hydrogen-bond donors (Lipinski definition) is 1. The number of hydrogen-bond acceptors (Lipinski definition) is 3. The molecule has 2 aromatic heterocycles. The second kappa shape index (κ2) is 5.83. The van der Waals surface area contributed by atoms with Gasteiger partial charge in [0, 0.05) is 5.69 Å². The van der Waals surface area contributed by atoms with Crippen LogP contribution in [0.25, 0.3) is 0 Å². The zero-order valence-electron chi connectivity index (χ0n) is 12.4. The van der Waals surface area contributed by atoms with Crippen molar-refractivity contribution in [1.29, 1.82) is 0 Å². The lowest BCUT2D eigenvalue weighted by Gasteiger charge is -2.13. The number of nitrogens with one attached hydrogen (secondary N) is 1. The molecule has 3 rings (SSSR count).